The van der Waals surface area contributed by atoms with Gasteiger partial charge >= 0.3 is 5.97 Å². The van der Waals surface area contributed by atoms with Crippen molar-refractivity contribution in [3.8, 4) is 5.75 Å². The highest BCUT2D eigenvalue weighted by molar-refractivity contribution is 7.98. The maximum absolute atomic E-state index is 13.1. The zero-order valence-corrected chi connectivity index (χ0v) is 22.0. The number of aliphatic carboxylic acids is 1. The van der Waals surface area contributed by atoms with E-state index in [-0.39, 0.29) is 37.4 Å². The lowest BCUT2D eigenvalue weighted by Gasteiger charge is -2.27. The first-order chi connectivity index (χ1) is 17.3. The highest BCUT2D eigenvalue weighted by Crippen LogP contribution is 2.12. The molecule has 4 amide bonds. The van der Waals surface area contributed by atoms with Crippen LogP contribution >= 0.6 is 11.8 Å². The maximum atomic E-state index is 13.1. The number of phenolic OH excluding ortho intramolecular Hbond substituents is 1. The number of rotatable bonds is 16. The van der Waals surface area contributed by atoms with Gasteiger partial charge in [-0.3, -0.25) is 19.2 Å². The van der Waals surface area contributed by atoms with E-state index in [1.807, 2.05) is 6.26 Å². The van der Waals surface area contributed by atoms with E-state index < -0.39 is 53.8 Å². The third-order valence-electron chi connectivity index (χ3n) is 5.51. The Morgan fingerprint density at radius 1 is 0.919 bits per heavy atom. The van der Waals surface area contributed by atoms with Crippen molar-refractivity contribution in [1.82, 2.24) is 16.0 Å². The topological polar surface area (TPSA) is 214 Å². The summed E-state index contributed by atoms with van der Waals surface area (Å²) in [5.41, 5.74) is 11.8. The van der Waals surface area contributed by atoms with Crippen molar-refractivity contribution < 1.29 is 34.2 Å². The van der Waals surface area contributed by atoms with Gasteiger partial charge in [-0.05, 0) is 54.9 Å². The molecule has 1 aromatic rings. The van der Waals surface area contributed by atoms with E-state index in [0.717, 1.165) is 5.56 Å². The van der Waals surface area contributed by atoms with Crippen LogP contribution in [0.5, 0.6) is 5.75 Å². The number of carboxylic acid groups (broad SMARTS) is 1. The number of phenols is 1. The lowest BCUT2D eigenvalue weighted by Crippen LogP contribution is -2.58. The molecule has 4 unspecified atom stereocenters. The molecule has 13 heteroatoms. The van der Waals surface area contributed by atoms with E-state index in [4.69, 9.17) is 11.5 Å². The van der Waals surface area contributed by atoms with E-state index in [1.165, 1.54) is 23.9 Å². The third kappa shape index (κ3) is 11.5. The summed E-state index contributed by atoms with van der Waals surface area (Å²) < 4.78 is 0. The lowest BCUT2D eigenvalue weighted by molar-refractivity contribution is -0.142. The molecule has 0 saturated carbocycles. The molecular formula is C24H37N5O7S. The second-order valence-electron chi connectivity index (χ2n) is 8.95. The maximum Gasteiger partial charge on any atom is 0.326 e. The first kappa shape index (κ1) is 31.7. The molecule has 0 spiro atoms. The van der Waals surface area contributed by atoms with Gasteiger partial charge < -0.3 is 37.6 Å². The van der Waals surface area contributed by atoms with Crippen LogP contribution in [0.25, 0.3) is 0 Å². The SMILES string of the molecule is CSCCC(NC(=O)C(NC(=O)C(N)Cc1ccc(O)cc1)C(C)C)C(=O)NC(CCC(N)=O)C(=O)O. The molecule has 1 rings (SSSR count). The predicted molar refractivity (Wildman–Crippen MR) is 139 cm³/mol. The van der Waals surface area contributed by atoms with Gasteiger partial charge in [0.25, 0.3) is 0 Å². The zero-order valence-electron chi connectivity index (χ0n) is 21.2. The summed E-state index contributed by atoms with van der Waals surface area (Å²) in [6.45, 7) is 3.44. The Bertz CT molecular complexity index is 942. The second kappa shape index (κ2) is 15.7. The fourth-order valence-corrected chi connectivity index (χ4v) is 3.83. The van der Waals surface area contributed by atoms with E-state index in [0.29, 0.717) is 5.75 Å². The van der Waals surface area contributed by atoms with Crippen LogP contribution in [0.2, 0.25) is 0 Å². The van der Waals surface area contributed by atoms with Crippen LogP contribution < -0.4 is 27.4 Å². The fourth-order valence-electron chi connectivity index (χ4n) is 3.36. The zero-order chi connectivity index (χ0) is 28.1. The number of carbonyl (C=O) groups is 5. The number of carboxylic acids is 1. The van der Waals surface area contributed by atoms with Gasteiger partial charge in [0.1, 0.15) is 23.9 Å². The van der Waals surface area contributed by atoms with Gasteiger partial charge in [-0.15, -0.1) is 0 Å². The molecule has 9 N–H and O–H groups in total. The molecular weight excluding hydrogens is 502 g/mol. The molecule has 0 radical (unpaired) electrons. The van der Waals surface area contributed by atoms with E-state index >= 15 is 0 Å². The lowest BCUT2D eigenvalue weighted by atomic mass is 10.0. The van der Waals surface area contributed by atoms with Gasteiger partial charge in [0, 0.05) is 6.42 Å². The number of amides is 4. The number of carbonyl (C=O) groups excluding carboxylic acids is 4. The summed E-state index contributed by atoms with van der Waals surface area (Å²) in [7, 11) is 0. The molecule has 1 aromatic carbocycles. The van der Waals surface area contributed by atoms with Crippen LogP contribution in [0.15, 0.2) is 24.3 Å². The molecule has 0 saturated heterocycles. The minimum atomic E-state index is -1.35. The van der Waals surface area contributed by atoms with E-state index in [1.54, 1.807) is 26.0 Å². The van der Waals surface area contributed by atoms with Crippen LogP contribution in [-0.2, 0) is 30.4 Å². The van der Waals surface area contributed by atoms with Crippen LogP contribution in [0.4, 0.5) is 0 Å². The monoisotopic (exact) mass is 539 g/mol. The van der Waals surface area contributed by atoms with Gasteiger partial charge in [-0.1, -0.05) is 26.0 Å². The first-order valence-corrected chi connectivity index (χ1v) is 13.2. The summed E-state index contributed by atoms with van der Waals surface area (Å²) in [4.78, 5) is 61.2. The molecule has 0 bridgehead atoms. The van der Waals surface area contributed by atoms with Crippen molar-refractivity contribution in [1.29, 1.82) is 0 Å². The number of hydrogen-bond donors (Lipinski definition) is 7. The Kier molecular flexibility index (Phi) is 13.5. The van der Waals surface area contributed by atoms with Crippen LogP contribution in [0, 0.1) is 5.92 Å². The summed E-state index contributed by atoms with van der Waals surface area (Å²) in [6, 6.07) is 1.84. The average molecular weight is 540 g/mol. The Balaban J connectivity index is 2.90. The molecule has 0 aromatic heterocycles. The summed E-state index contributed by atoms with van der Waals surface area (Å²) >= 11 is 1.43. The van der Waals surface area contributed by atoms with Gasteiger partial charge in [-0.25, -0.2) is 4.79 Å². The Hall–Kier alpha value is -3.32. The Morgan fingerprint density at radius 2 is 1.51 bits per heavy atom. The predicted octanol–water partition coefficient (Wildman–Crippen LogP) is -0.524. The van der Waals surface area contributed by atoms with Gasteiger partial charge in [0.15, 0.2) is 0 Å². The summed E-state index contributed by atoms with van der Waals surface area (Å²) in [5.74, 6) is -3.72. The summed E-state index contributed by atoms with van der Waals surface area (Å²) in [5, 5.41) is 26.4. The first-order valence-electron chi connectivity index (χ1n) is 11.8. The van der Waals surface area contributed by atoms with E-state index in [9.17, 15) is 34.2 Å². The number of hydrogen-bond acceptors (Lipinski definition) is 8. The minimum Gasteiger partial charge on any atom is -0.508 e. The Labute approximate surface area is 220 Å². The Morgan fingerprint density at radius 3 is 2.03 bits per heavy atom. The molecule has 206 valence electrons. The summed E-state index contributed by atoms with van der Waals surface area (Å²) in [6.07, 6.45) is 1.78. The van der Waals surface area contributed by atoms with Crippen molar-refractivity contribution in [2.45, 2.75) is 63.7 Å². The van der Waals surface area contributed by atoms with Crippen LogP contribution in [0.1, 0.15) is 38.7 Å². The molecule has 0 heterocycles. The van der Waals surface area contributed by atoms with E-state index in [2.05, 4.69) is 16.0 Å². The molecule has 0 aliphatic rings. The normalized spacial score (nSPS) is 14.2. The number of thioether (sulfide) groups is 1. The van der Waals surface area contributed by atoms with Crippen molar-refractivity contribution in [3.05, 3.63) is 29.8 Å². The van der Waals surface area contributed by atoms with Crippen molar-refractivity contribution in [2.75, 3.05) is 12.0 Å². The quantitative estimate of drug-likeness (QED) is 0.144. The number of nitrogens with two attached hydrogens (primary N) is 2. The highest BCUT2D eigenvalue weighted by Gasteiger charge is 2.31. The molecule has 12 nitrogen and oxygen atoms in total. The van der Waals surface area contributed by atoms with Crippen molar-refractivity contribution in [2.24, 2.45) is 17.4 Å². The van der Waals surface area contributed by atoms with Crippen molar-refractivity contribution in [3.63, 3.8) is 0 Å². The minimum absolute atomic E-state index is 0.0842. The number of aromatic hydroxyl groups is 1. The number of primary amides is 1. The van der Waals surface area contributed by atoms with Gasteiger partial charge in [0.2, 0.25) is 23.6 Å². The van der Waals surface area contributed by atoms with Gasteiger partial charge in [0.05, 0.1) is 6.04 Å². The fraction of sp³-hybridized carbons (Fsp3) is 0.542. The molecule has 4 atom stereocenters. The smallest absolute Gasteiger partial charge is 0.326 e. The van der Waals surface area contributed by atoms with Crippen molar-refractivity contribution >= 4 is 41.4 Å². The van der Waals surface area contributed by atoms with Crippen LogP contribution in [0.3, 0.4) is 0 Å². The van der Waals surface area contributed by atoms with Gasteiger partial charge in [-0.2, -0.15) is 11.8 Å². The second-order valence-corrected chi connectivity index (χ2v) is 9.94. The molecule has 0 fully saturated rings. The largest absolute Gasteiger partial charge is 0.508 e. The molecule has 0 aliphatic carbocycles. The highest BCUT2D eigenvalue weighted by atomic mass is 32.2. The standard InChI is InChI=1S/C24H37N5O7S/c1-13(2)20(29-21(32)16(25)12-14-4-6-15(30)7-5-14)23(34)27-17(10-11-37-3)22(33)28-18(24(35)36)8-9-19(26)31/h4-7,13,16-18,20,30H,8-12,25H2,1-3H3,(H2,26,31)(H,27,34)(H,28,33)(H,29,32)(H,35,36). The molecule has 37 heavy (non-hydrogen) atoms. The van der Waals surface area contributed by atoms with Crippen LogP contribution in [-0.4, -0.2) is 76.0 Å². The average Bonchev–Trinajstić information content (AvgIpc) is 2.82. The molecule has 0 aliphatic heterocycles. The third-order valence-corrected chi connectivity index (χ3v) is 6.16. The number of benzene rings is 1. The number of nitrogens with one attached hydrogen (secondary N) is 3.